The van der Waals surface area contributed by atoms with Crippen LogP contribution in [0.2, 0.25) is 0 Å². The summed E-state index contributed by atoms with van der Waals surface area (Å²) in [5.41, 5.74) is 0.330. The minimum absolute atomic E-state index is 0.202. The second-order valence-electron chi connectivity index (χ2n) is 3.21. The molecule has 1 atom stereocenters. The highest BCUT2D eigenvalue weighted by Gasteiger charge is 2.26. The summed E-state index contributed by atoms with van der Waals surface area (Å²) in [6, 6.07) is -0.202. The maximum atomic E-state index is 11.2. The number of nitrogens with zero attached hydrogens (tertiary/aromatic N) is 1. The molecule has 0 aromatic carbocycles. The predicted molar refractivity (Wildman–Crippen MR) is 50.5 cm³/mol. The third-order valence-corrected chi connectivity index (χ3v) is 1.95. The Bertz CT molecular complexity index is 275. The second-order valence-corrected chi connectivity index (χ2v) is 3.21. The van der Waals surface area contributed by atoms with E-state index in [2.05, 4.69) is 11.9 Å². The van der Waals surface area contributed by atoms with Gasteiger partial charge in [-0.05, 0) is 13.8 Å². The molecule has 1 rings (SSSR count). The molecule has 1 heterocycles. The molecule has 1 unspecified atom stereocenters. The monoisotopic (exact) mass is 198 g/mol. The molecule has 0 aromatic heterocycles. The molecule has 0 saturated carbocycles. The Kier molecular flexibility index (Phi) is 3.11. The first-order chi connectivity index (χ1) is 6.52. The highest BCUT2D eigenvalue weighted by Crippen LogP contribution is 2.07. The topological polar surface area (TPSA) is 58.6 Å². The van der Waals surface area contributed by atoms with Crippen LogP contribution in [0.4, 0.5) is 4.79 Å². The molecule has 0 radical (unpaired) electrons. The van der Waals surface area contributed by atoms with E-state index < -0.39 is 12.2 Å². The summed E-state index contributed by atoms with van der Waals surface area (Å²) < 4.78 is 4.99. The largest absolute Gasteiger partial charge is 0.438 e. The Morgan fingerprint density at radius 3 is 2.79 bits per heavy atom. The summed E-state index contributed by atoms with van der Waals surface area (Å²) in [5, 5.41) is 2.63. The van der Waals surface area contributed by atoms with E-state index in [9.17, 15) is 9.59 Å². The molecule has 1 N–H and O–H groups in total. The molecular formula is C9H14N2O3. The van der Waals surface area contributed by atoms with E-state index in [0.717, 1.165) is 0 Å². The van der Waals surface area contributed by atoms with Crippen LogP contribution in [0.1, 0.15) is 13.8 Å². The van der Waals surface area contributed by atoms with Crippen LogP contribution in [0.3, 0.4) is 0 Å². The average molecular weight is 198 g/mol. The number of carbonyl (C=O) groups excluding carboxylic acids is 2. The first-order valence-corrected chi connectivity index (χ1v) is 4.43. The fourth-order valence-corrected chi connectivity index (χ4v) is 1.15. The van der Waals surface area contributed by atoms with Gasteiger partial charge in [0, 0.05) is 18.7 Å². The number of urea groups is 1. The van der Waals surface area contributed by atoms with Crippen LogP contribution < -0.4 is 5.32 Å². The summed E-state index contributed by atoms with van der Waals surface area (Å²) >= 11 is 0. The fraction of sp³-hybridized carbons (Fsp3) is 0.556. The van der Waals surface area contributed by atoms with Crippen LogP contribution in [0.25, 0.3) is 0 Å². The van der Waals surface area contributed by atoms with Gasteiger partial charge in [0.2, 0.25) is 0 Å². The molecule has 78 valence electrons. The average Bonchev–Trinajstić information content (AvgIpc) is 2.51. The van der Waals surface area contributed by atoms with Gasteiger partial charge in [-0.1, -0.05) is 6.58 Å². The van der Waals surface area contributed by atoms with Crippen molar-refractivity contribution < 1.29 is 14.3 Å². The van der Waals surface area contributed by atoms with Crippen LogP contribution in [0.15, 0.2) is 12.2 Å². The van der Waals surface area contributed by atoms with Gasteiger partial charge in [0.05, 0.1) is 0 Å². The normalized spacial score (nSPS) is 17.6. The Balaban J connectivity index is 2.49. The van der Waals surface area contributed by atoms with Crippen molar-refractivity contribution in [1.29, 1.82) is 0 Å². The molecule has 5 heteroatoms. The summed E-state index contributed by atoms with van der Waals surface area (Å²) in [6.45, 7) is 7.84. The van der Waals surface area contributed by atoms with Gasteiger partial charge < -0.3 is 10.1 Å². The maximum absolute atomic E-state index is 11.2. The van der Waals surface area contributed by atoms with Gasteiger partial charge >= 0.3 is 12.0 Å². The van der Waals surface area contributed by atoms with Gasteiger partial charge in [-0.2, -0.15) is 0 Å². The van der Waals surface area contributed by atoms with Gasteiger partial charge in [0.15, 0.2) is 6.23 Å². The Morgan fingerprint density at radius 1 is 1.71 bits per heavy atom. The van der Waals surface area contributed by atoms with Crippen molar-refractivity contribution in [3.63, 3.8) is 0 Å². The van der Waals surface area contributed by atoms with Gasteiger partial charge in [0.1, 0.15) is 0 Å². The van der Waals surface area contributed by atoms with Crippen molar-refractivity contribution in [2.75, 3.05) is 13.1 Å². The quantitative estimate of drug-likeness (QED) is 0.530. The summed E-state index contributed by atoms with van der Waals surface area (Å²) in [7, 11) is 0. The van der Waals surface area contributed by atoms with E-state index in [0.29, 0.717) is 18.7 Å². The molecule has 0 aliphatic carbocycles. The first-order valence-electron chi connectivity index (χ1n) is 4.43. The third kappa shape index (κ3) is 2.25. The Hall–Kier alpha value is -1.52. The molecule has 1 aliphatic heterocycles. The van der Waals surface area contributed by atoms with Crippen molar-refractivity contribution in [3.8, 4) is 0 Å². The number of nitrogens with one attached hydrogen (secondary N) is 1. The number of ether oxygens (including phenoxy) is 1. The summed E-state index contributed by atoms with van der Waals surface area (Å²) in [5.74, 6) is -0.475. The third-order valence-electron chi connectivity index (χ3n) is 1.95. The van der Waals surface area contributed by atoms with Crippen molar-refractivity contribution in [1.82, 2.24) is 10.2 Å². The lowest BCUT2D eigenvalue weighted by Crippen LogP contribution is -2.39. The smallest absolute Gasteiger partial charge is 0.335 e. The lowest BCUT2D eigenvalue weighted by Gasteiger charge is -2.22. The number of hydrogen-bond donors (Lipinski definition) is 1. The highest BCUT2D eigenvalue weighted by molar-refractivity contribution is 5.87. The standard InChI is InChI=1S/C9H14N2O3/c1-6(2)8(12)14-7(3)11-5-4-10-9(11)13/h7H,1,4-5H2,2-3H3,(H,10,13). The van der Waals surface area contributed by atoms with E-state index in [1.54, 1.807) is 13.8 Å². The van der Waals surface area contributed by atoms with Crippen molar-refractivity contribution in [2.45, 2.75) is 20.1 Å². The molecule has 0 bridgehead atoms. The van der Waals surface area contributed by atoms with E-state index >= 15 is 0 Å². The van der Waals surface area contributed by atoms with Crippen LogP contribution >= 0.6 is 0 Å². The lowest BCUT2D eigenvalue weighted by atomic mass is 10.4. The van der Waals surface area contributed by atoms with Crippen molar-refractivity contribution in [2.24, 2.45) is 0 Å². The number of rotatable bonds is 3. The minimum atomic E-state index is -0.540. The van der Waals surface area contributed by atoms with Gasteiger partial charge in [-0.15, -0.1) is 0 Å². The lowest BCUT2D eigenvalue weighted by molar-refractivity contribution is -0.149. The highest BCUT2D eigenvalue weighted by atomic mass is 16.6. The molecular weight excluding hydrogens is 184 g/mol. The number of hydrogen-bond acceptors (Lipinski definition) is 3. The SMILES string of the molecule is C=C(C)C(=O)OC(C)N1CCNC1=O. The van der Waals surface area contributed by atoms with Crippen molar-refractivity contribution in [3.05, 3.63) is 12.2 Å². The van der Waals surface area contributed by atoms with Gasteiger partial charge in [0.25, 0.3) is 0 Å². The molecule has 14 heavy (non-hydrogen) atoms. The molecule has 1 fully saturated rings. The van der Waals surface area contributed by atoms with E-state index in [1.165, 1.54) is 4.90 Å². The summed E-state index contributed by atoms with van der Waals surface area (Å²) in [6.07, 6.45) is -0.540. The van der Waals surface area contributed by atoms with E-state index in [-0.39, 0.29) is 6.03 Å². The van der Waals surface area contributed by atoms with Crippen LogP contribution in [-0.4, -0.2) is 36.2 Å². The van der Waals surface area contributed by atoms with Gasteiger partial charge in [-0.3, -0.25) is 4.90 Å². The van der Waals surface area contributed by atoms with Gasteiger partial charge in [-0.25, -0.2) is 9.59 Å². The molecule has 0 aromatic rings. The second kappa shape index (κ2) is 4.13. The zero-order chi connectivity index (χ0) is 10.7. The Labute approximate surface area is 82.7 Å². The molecule has 1 aliphatic rings. The van der Waals surface area contributed by atoms with Crippen molar-refractivity contribution >= 4 is 12.0 Å². The van der Waals surface area contributed by atoms with Crippen LogP contribution in [0, 0.1) is 0 Å². The number of amides is 2. The van der Waals surface area contributed by atoms with E-state index in [4.69, 9.17) is 4.74 Å². The molecule has 1 saturated heterocycles. The van der Waals surface area contributed by atoms with Crippen LogP contribution in [0.5, 0.6) is 0 Å². The van der Waals surface area contributed by atoms with E-state index in [1.807, 2.05) is 0 Å². The minimum Gasteiger partial charge on any atom is -0.438 e. The maximum Gasteiger partial charge on any atom is 0.335 e. The number of esters is 1. The summed E-state index contributed by atoms with van der Waals surface area (Å²) in [4.78, 5) is 23.8. The Morgan fingerprint density at radius 2 is 2.36 bits per heavy atom. The van der Waals surface area contributed by atoms with Crippen LogP contribution in [-0.2, 0) is 9.53 Å². The molecule has 2 amide bonds. The first kappa shape index (κ1) is 10.6. The predicted octanol–water partition coefficient (Wildman–Crippen LogP) is 0.477. The zero-order valence-corrected chi connectivity index (χ0v) is 8.37. The number of carbonyl (C=O) groups is 2. The zero-order valence-electron chi connectivity index (χ0n) is 8.37. The molecule has 0 spiro atoms. The fourth-order valence-electron chi connectivity index (χ4n) is 1.15. The molecule has 5 nitrogen and oxygen atoms in total.